The maximum Gasteiger partial charge on any atom is 0.276 e. The van der Waals surface area contributed by atoms with Gasteiger partial charge in [0.2, 0.25) is 5.89 Å². The minimum absolute atomic E-state index is 0.623. The molecule has 0 aliphatic heterocycles. The maximum atomic E-state index is 5.59. The molecular formula is C15H15N3OS2. The van der Waals surface area contributed by atoms with Gasteiger partial charge in [-0.15, -0.1) is 10.2 Å². The third-order valence-corrected chi connectivity index (χ3v) is 4.40. The number of rotatable bonds is 5. The molecule has 0 saturated carbocycles. The standard InChI is InChI=1S/C15H15N3OS2/c1-10-7-11(12-5-3-4-6-13(12)16-10)8-21-15-18-17-14(19-15)9-20-2/h3-7H,8-9H2,1-2H3. The van der Waals surface area contributed by atoms with Crippen LogP contribution in [0.1, 0.15) is 17.1 Å². The first-order valence-corrected chi connectivity index (χ1v) is 8.93. The first-order chi connectivity index (χ1) is 10.3. The normalized spacial score (nSPS) is 11.1. The molecule has 0 aliphatic rings. The Balaban J connectivity index is 1.81. The van der Waals surface area contributed by atoms with Gasteiger partial charge in [-0.3, -0.25) is 4.98 Å². The van der Waals surface area contributed by atoms with E-state index in [9.17, 15) is 0 Å². The number of fused-ring (bicyclic) bond motifs is 1. The largest absolute Gasteiger partial charge is 0.415 e. The summed E-state index contributed by atoms with van der Waals surface area (Å²) in [5.41, 5.74) is 3.30. The molecule has 0 radical (unpaired) electrons. The maximum absolute atomic E-state index is 5.59. The van der Waals surface area contributed by atoms with Gasteiger partial charge >= 0.3 is 0 Å². The average Bonchev–Trinajstić information content (AvgIpc) is 2.93. The highest BCUT2D eigenvalue weighted by Crippen LogP contribution is 2.27. The van der Waals surface area contributed by atoms with Gasteiger partial charge in [-0.05, 0) is 30.9 Å². The van der Waals surface area contributed by atoms with Gasteiger partial charge in [-0.1, -0.05) is 30.0 Å². The Hall–Kier alpha value is -1.53. The lowest BCUT2D eigenvalue weighted by atomic mass is 10.1. The molecule has 0 unspecified atom stereocenters. The van der Waals surface area contributed by atoms with Crippen LogP contribution in [-0.4, -0.2) is 21.4 Å². The van der Waals surface area contributed by atoms with Crippen molar-refractivity contribution in [1.29, 1.82) is 0 Å². The number of para-hydroxylation sites is 1. The molecule has 0 saturated heterocycles. The van der Waals surface area contributed by atoms with E-state index in [1.54, 1.807) is 23.5 Å². The fourth-order valence-corrected chi connectivity index (χ4v) is 3.27. The van der Waals surface area contributed by atoms with Crippen molar-refractivity contribution in [2.75, 3.05) is 6.26 Å². The van der Waals surface area contributed by atoms with E-state index in [1.165, 1.54) is 10.9 Å². The number of nitrogens with zero attached hydrogens (tertiary/aromatic N) is 3. The van der Waals surface area contributed by atoms with E-state index in [1.807, 2.05) is 31.4 Å². The number of hydrogen-bond acceptors (Lipinski definition) is 6. The first-order valence-electron chi connectivity index (χ1n) is 6.55. The van der Waals surface area contributed by atoms with Crippen LogP contribution in [0.25, 0.3) is 10.9 Å². The molecule has 0 N–H and O–H groups in total. The Morgan fingerprint density at radius 3 is 2.86 bits per heavy atom. The van der Waals surface area contributed by atoms with Crippen molar-refractivity contribution < 1.29 is 4.42 Å². The number of hydrogen-bond donors (Lipinski definition) is 0. The molecule has 3 aromatic rings. The summed E-state index contributed by atoms with van der Waals surface area (Å²) in [4.78, 5) is 4.56. The quantitative estimate of drug-likeness (QED) is 0.661. The van der Waals surface area contributed by atoms with Gasteiger partial charge in [0.05, 0.1) is 11.3 Å². The van der Waals surface area contributed by atoms with E-state index in [-0.39, 0.29) is 0 Å². The van der Waals surface area contributed by atoms with Crippen LogP contribution >= 0.6 is 23.5 Å². The Bertz CT molecular complexity index is 758. The third-order valence-electron chi connectivity index (χ3n) is 3.00. The summed E-state index contributed by atoms with van der Waals surface area (Å²) in [7, 11) is 0. The molecule has 2 heterocycles. The van der Waals surface area contributed by atoms with E-state index in [4.69, 9.17) is 4.42 Å². The lowest BCUT2D eigenvalue weighted by molar-refractivity contribution is 0.426. The van der Waals surface area contributed by atoms with E-state index in [0.29, 0.717) is 11.1 Å². The monoisotopic (exact) mass is 317 g/mol. The van der Waals surface area contributed by atoms with Crippen molar-refractivity contribution in [2.45, 2.75) is 23.7 Å². The van der Waals surface area contributed by atoms with E-state index in [2.05, 4.69) is 27.3 Å². The Morgan fingerprint density at radius 1 is 1.14 bits per heavy atom. The second-order valence-corrected chi connectivity index (χ2v) is 6.42. The minimum atomic E-state index is 0.623. The van der Waals surface area contributed by atoms with Crippen LogP contribution in [0.5, 0.6) is 0 Å². The molecule has 0 atom stereocenters. The van der Waals surface area contributed by atoms with Crippen molar-refractivity contribution in [1.82, 2.24) is 15.2 Å². The first kappa shape index (κ1) is 14.4. The van der Waals surface area contributed by atoms with Crippen molar-refractivity contribution in [3.63, 3.8) is 0 Å². The molecule has 0 fully saturated rings. The zero-order valence-electron chi connectivity index (χ0n) is 11.9. The predicted molar refractivity (Wildman–Crippen MR) is 87.6 cm³/mol. The van der Waals surface area contributed by atoms with Crippen molar-refractivity contribution >= 4 is 34.4 Å². The van der Waals surface area contributed by atoms with Gasteiger partial charge in [0.25, 0.3) is 5.22 Å². The number of aromatic nitrogens is 3. The van der Waals surface area contributed by atoms with Gasteiger partial charge in [0.15, 0.2) is 0 Å². The van der Waals surface area contributed by atoms with Gasteiger partial charge in [0, 0.05) is 16.8 Å². The molecule has 4 nitrogen and oxygen atoms in total. The predicted octanol–water partition coefficient (Wildman–Crippen LogP) is 4.08. The fraction of sp³-hybridized carbons (Fsp3) is 0.267. The van der Waals surface area contributed by atoms with Crippen LogP contribution in [0.3, 0.4) is 0 Å². The highest BCUT2D eigenvalue weighted by molar-refractivity contribution is 7.98. The van der Waals surface area contributed by atoms with Crippen LogP contribution in [0.4, 0.5) is 0 Å². The minimum Gasteiger partial charge on any atom is -0.415 e. The highest BCUT2D eigenvalue weighted by Gasteiger charge is 2.09. The van der Waals surface area contributed by atoms with Gasteiger partial charge in [-0.25, -0.2) is 0 Å². The van der Waals surface area contributed by atoms with Crippen LogP contribution in [0, 0.1) is 6.92 Å². The fourth-order valence-electron chi connectivity index (χ4n) is 2.13. The van der Waals surface area contributed by atoms with E-state index in [0.717, 1.165) is 22.7 Å². The SMILES string of the molecule is CSCc1nnc(SCc2cc(C)nc3ccccc23)o1. The Labute approximate surface area is 131 Å². The van der Waals surface area contributed by atoms with Crippen LogP contribution < -0.4 is 0 Å². The van der Waals surface area contributed by atoms with Gasteiger partial charge in [-0.2, -0.15) is 11.8 Å². The second kappa shape index (κ2) is 6.49. The molecule has 2 aromatic heterocycles. The molecule has 3 rings (SSSR count). The Kier molecular flexibility index (Phi) is 4.45. The van der Waals surface area contributed by atoms with Crippen LogP contribution in [-0.2, 0) is 11.5 Å². The summed E-state index contributed by atoms with van der Waals surface area (Å²) in [6.07, 6.45) is 2.02. The lowest BCUT2D eigenvalue weighted by Gasteiger charge is -2.06. The molecule has 0 amide bonds. The summed E-state index contributed by atoms with van der Waals surface area (Å²) in [6.45, 7) is 2.02. The summed E-state index contributed by atoms with van der Waals surface area (Å²) in [5, 5.41) is 9.90. The Morgan fingerprint density at radius 2 is 2.00 bits per heavy atom. The molecular weight excluding hydrogens is 302 g/mol. The lowest BCUT2D eigenvalue weighted by Crippen LogP contribution is -1.90. The van der Waals surface area contributed by atoms with Gasteiger partial charge in [0.1, 0.15) is 0 Å². The number of thioether (sulfide) groups is 2. The molecule has 0 spiro atoms. The summed E-state index contributed by atoms with van der Waals surface area (Å²) in [5.74, 6) is 2.23. The number of benzene rings is 1. The molecule has 0 aliphatic carbocycles. The zero-order valence-corrected chi connectivity index (χ0v) is 13.5. The smallest absolute Gasteiger partial charge is 0.276 e. The van der Waals surface area contributed by atoms with Gasteiger partial charge < -0.3 is 4.42 Å². The second-order valence-electron chi connectivity index (χ2n) is 4.62. The number of pyridine rings is 1. The van der Waals surface area contributed by atoms with Crippen molar-refractivity contribution in [3.8, 4) is 0 Å². The molecule has 0 bridgehead atoms. The molecule has 108 valence electrons. The zero-order chi connectivity index (χ0) is 14.7. The third kappa shape index (κ3) is 3.39. The average molecular weight is 317 g/mol. The number of aryl methyl sites for hydroxylation is 1. The van der Waals surface area contributed by atoms with Crippen molar-refractivity contribution in [2.24, 2.45) is 0 Å². The summed E-state index contributed by atoms with van der Waals surface area (Å²) in [6, 6.07) is 10.3. The summed E-state index contributed by atoms with van der Waals surface area (Å²) < 4.78 is 5.59. The van der Waals surface area contributed by atoms with Crippen LogP contribution in [0.2, 0.25) is 0 Å². The van der Waals surface area contributed by atoms with E-state index < -0.39 is 0 Å². The van der Waals surface area contributed by atoms with Crippen LogP contribution in [0.15, 0.2) is 40.0 Å². The molecule has 1 aromatic carbocycles. The molecule has 21 heavy (non-hydrogen) atoms. The molecule has 6 heteroatoms. The topological polar surface area (TPSA) is 51.8 Å². The highest BCUT2D eigenvalue weighted by atomic mass is 32.2. The summed E-state index contributed by atoms with van der Waals surface area (Å²) >= 11 is 3.24. The van der Waals surface area contributed by atoms with Crippen molar-refractivity contribution in [3.05, 3.63) is 47.5 Å². The van der Waals surface area contributed by atoms with E-state index >= 15 is 0 Å².